The molecule has 130 valence electrons. The molecule has 5 nitrogen and oxygen atoms in total. The fourth-order valence-electron chi connectivity index (χ4n) is 1.97. The van der Waals surface area contributed by atoms with Gasteiger partial charge in [0.05, 0.1) is 14.2 Å². The van der Waals surface area contributed by atoms with E-state index in [9.17, 15) is 9.90 Å². The molecule has 0 aliphatic heterocycles. The highest BCUT2D eigenvalue weighted by Crippen LogP contribution is 2.43. The van der Waals surface area contributed by atoms with Crippen LogP contribution in [-0.2, 0) is 11.2 Å². The topological polar surface area (TPSA) is 67.8 Å². The lowest BCUT2D eigenvalue weighted by molar-refractivity contribution is -0.118. The minimum atomic E-state index is -1.91. The maximum atomic E-state index is 11.2. The number of amides is 1. The number of carbonyl (C=O) groups excluding carboxylic acids is 1. The molecule has 0 spiro atoms. The predicted molar refractivity (Wildman–Crippen MR) is 92.2 cm³/mol. The molecule has 1 atom stereocenters. The second kappa shape index (κ2) is 9.04. The molecule has 0 fully saturated rings. The van der Waals surface area contributed by atoms with E-state index >= 15 is 0 Å². The number of rotatable bonds is 7. The Bertz CT molecular complexity index is 548. The number of ether oxygens (including phenoxy) is 2. The molecule has 0 aliphatic carbocycles. The summed E-state index contributed by atoms with van der Waals surface area (Å²) in [4.78, 5) is 11.2. The number of halogens is 4. The van der Waals surface area contributed by atoms with E-state index in [2.05, 4.69) is 5.32 Å². The van der Waals surface area contributed by atoms with Crippen LogP contribution in [0.4, 0.5) is 0 Å². The van der Waals surface area contributed by atoms with Gasteiger partial charge in [0.1, 0.15) is 12.0 Å². The Morgan fingerprint density at radius 2 is 1.83 bits per heavy atom. The van der Waals surface area contributed by atoms with E-state index in [-0.39, 0.29) is 11.8 Å². The molecule has 0 aliphatic rings. The summed E-state index contributed by atoms with van der Waals surface area (Å²) in [6, 6.07) is 3.21. The van der Waals surface area contributed by atoms with Gasteiger partial charge in [-0.25, -0.2) is 0 Å². The second-order valence-corrected chi connectivity index (χ2v) is 7.22. The van der Waals surface area contributed by atoms with Crippen LogP contribution in [0, 0.1) is 0 Å². The first-order chi connectivity index (χ1) is 10.7. The molecule has 1 rings (SSSR count). The average molecular weight is 405 g/mol. The van der Waals surface area contributed by atoms with Crippen molar-refractivity contribution < 1.29 is 19.4 Å². The molecule has 0 aromatic heterocycles. The van der Waals surface area contributed by atoms with E-state index in [4.69, 9.17) is 55.9 Å². The SMILES string of the molecule is COc1cc(CCNC(=O)CCl)c(C(O)C(Cl)(Cl)Cl)cc1OC. The van der Waals surface area contributed by atoms with Gasteiger partial charge in [0, 0.05) is 6.54 Å². The lowest BCUT2D eigenvalue weighted by Gasteiger charge is -2.23. The van der Waals surface area contributed by atoms with Gasteiger partial charge in [-0.15, -0.1) is 11.6 Å². The Labute approximate surface area is 154 Å². The maximum Gasteiger partial charge on any atom is 0.234 e. The van der Waals surface area contributed by atoms with Crippen molar-refractivity contribution in [3.8, 4) is 11.5 Å². The Kier molecular flexibility index (Phi) is 8.04. The number of alkyl halides is 4. The monoisotopic (exact) mass is 403 g/mol. The molecule has 0 bridgehead atoms. The molecule has 1 unspecified atom stereocenters. The van der Waals surface area contributed by atoms with Gasteiger partial charge in [-0.2, -0.15) is 0 Å². The minimum absolute atomic E-state index is 0.129. The summed E-state index contributed by atoms with van der Waals surface area (Å²) in [5, 5.41) is 12.9. The average Bonchev–Trinajstić information content (AvgIpc) is 2.52. The quantitative estimate of drug-likeness (QED) is 0.685. The Morgan fingerprint density at radius 3 is 2.30 bits per heavy atom. The van der Waals surface area contributed by atoms with Crippen molar-refractivity contribution >= 4 is 52.3 Å². The second-order valence-electron chi connectivity index (χ2n) is 4.58. The summed E-state index contributed by atoms with van der Waals surface area (Å²) in [6.45, 7) is 0.306. The zero-order valence-corrected chi connectivity index (χ0v) is 15.6. The zero-order valence-electron chi connectivity index (χ0n) is 12.5. The van der Waals surface area contributed by atoms with Crippen LogP contribution in [0.3, 0.4) is 0 Å². The summed E-state index contributed by atoms with van der Waals surface area (Å²) in [5.74, 6) is 0.432. The molecule has 0 saturated heterocycles. The third-order valence-corrected chi connectivity index (χ3v) is 3.95. The first kappa shape index (κ1) is 20.5. The number of hydrogen-bond acceptors (Lipinski definition) is 4. The van der Waals surface area contributed by atoms with E-state index < -0.39 is 9.90 Å². The Morgan fingerprint density at radius 1 is 1.26 bits per heavy atom. The highest BCUT2D eigenvalue weighted by atomic mass is 35.6. The number of carbonyl (C=O) groups is 1. The van der Waals surface area contributed by atoms with E-state index in [0.717, 1.165) is 0 Å². The van der Waals surface area contributed by atoms with Crippen molar-refractivity contribution in [1.82, 2.24) is 5.32 Å². The highest BCUT2D eigenvalue weighted by molar-refractivity contribution is 6.68. The molecular formula is C14H17Cl4NO4. The third kappa shape index (κ3) is 5.76. The molecule has 1 aromatic rings. The molecule has 0 radical (unpaired) electrons. The summed E-state index contributed by atoms with van der Waals surface area (Å²) >= 11 is 22.8. The minimum Gasteiger partial charge on any atom is -0.493 e. The van der Waals surface area contributed by atoms with Crippen LogP contribution in [0.1, 0.15) is 17.2 Å². The molecular weight excluding hydrogens is 388 g/mol. The van der Waals surface area contributed by atoms with E-state index in [1.54, 1.807) is 12.1 Å². The molecule has 23 heavy (non-hydrogen) atoms. The van der Waals surface area contributed by atoms with Crippen molar-refractivity contribution in [3.63, 3.8) is 0 Å². The zero-order chi connectivity index (χ0) is 17.6. The standard InChI is InChI=1S/C14H17Cl4NO4/c1-22-10-5-8(3-4-19-12(20)7-15)9(6-11(10)23-2)13(21)14(16,17)18/h5-6,13,21H,3-4,7H2,1-2H3,(H,19,20). The number of aliphatic hydroxyl groups excluding tert-OH is 1. The fraction of sp³-hybridized carbons (Fsp3) is 0.500. The number of benzene rings is 1. The van der Waals surface area contributed by atoms with Crippen molar-refractivity contribution in [2.24, 2.45) is 0 Å². The number of nitrogens with one attached hydrogen (secondary N) is 1. The lowest BCUT2D eigenvalue weighted by Crippen LogP contribution is -2.27. The van der Waals surface area contributed by atoms with Crippen LogP contribution in [0.5, 0.6) is 11.5 Å². The van der Waals surface area contributed by atoms with Crippen LogP contribution in [0.2, 0.25) is 0 Å². The van der Waals surface area contributed by atoms with Crippen molar-refractivity contribution in [2.45, 2.75) is 16.3 Å². The van der Waals surface area contributed by atoms with Crippen LogP contribution in [0.25, 0.3) is 0 Å². The van der Waals surface area contributed by atoms with Gasteiger partial charge in [0.2, 0.25) is 9.70 Å². The molecule has 1 amide bonds. The van der Waals surface area contributed by atoms with Crippen LogP contribution < -0.4 is 14.8 Å². The largest absolute Gasteiger partial charge is 0.493 e. The summed E-state index contributed by atoms with van der Waals surface area (Å²) in [6.07, 6.45) is -0.984. The smallest absolute Gasteiger partial charge is 0.234 e. The van der Waals surface area contributed by atoms with Crippen LogP contribution >= 0.6 is 46.4 Å². The number of aliphatic hydroxyl groups is 1. The first-order valence-electron chi connectivity index (χ1n) is 6.56. The maximum absolute atomic E-state index is 11.2. The van der Waals surface area contributed by atoms with Crippen LogP contribution in [0.15, 0.2) is 12.1 Å². The Balaban J connectivity index is 3.15. The molecule has 9 heteroatoms. The van der Waals surface area contributed by atoms with Gasteiger partial charge < -0.3 is 19.9 Å². The highest BCUT2D eigenvalue weighted by Gasteiger charge is 2.34. The normalized spacial score (nSPS) is 12.7. The lowest BCUT2D eigenvalue weighted by atomic mass is 9.99. The van der Waals surface area contributed by atoms with Gasteiger partial charge in [0.15, 0.2) is 11.5 Å². The third-order valence-electron chi connectivity index (χ3n) is 3.09. The summed E-state index contributed by atoms with van der Waals surface area (Å²) in [7, 11) is 2.95. The van der Waals surface area contributed by atoms with Gasteiger partial charge in [-0.1, -0.05) is 34.8 Å². The summed E-state index contributed by atoms with van der Waals surface area (Å²) in [5.41, 5.74) is 1.03. The van der Waals surface area contributed by atoms with Gasteiger partial charge in [-0.05, 0) is 29.7 Å². The van der Waals surface area contributed by atoms with E-state index in [1.807, 2.05) is 0 Å². The van der Waals surface area contributed by atoms with Crippen LogP contribution in [-0.4, -0.2) is 41.5 Å². The van der Waals surface area contributed by atoms with E-state index in [0.29, 0.717) is 35.6 Å². The predicted octanol–water partition coefficient (Wildman–Crippen LogP) is 3.00. The van der Waals surface area contributed by atoms with E-state index in [1.165, 1.54) is 14.2 Å². The van der Waals surface area contributed by atoms with Gasteiger partial charge in [0.25, 0.3) is 0 Å². The molecule has 2 N–H and O–H groups in total. The molecule has 1 aromatic carbocycles. The van der Waals surface area contributed by atoms with Gasteiger partial charge >= 0.3 is 0 Å². The number of methoxy groups -OCH3 is 2. The fourth-order valence-corrected chi connectivity index (χ4v) is 2.42. The summed E-state index contributed by atoms with van der Waals surface area (Å²) < 4.78 is 8.53. The molecule has 0 saturated carbocycles. The van der Waals surface area contributed by atoms with Gasteiger partial charge in [-0.3, -0.25) is 4.79 Å². The first-order valence-corrected chi connectivity index (χ1v) is 8.23. The Hall–Kier alpha value is -0.590. The number of hydrogen-bond donors (Lipinski definition) is 2. The van der Waals surface area contributed by atoms with Crippen molar-refractivity contribution in [3.05, 3.63) is 23.3 Å². The van der Waals surface area contributed by atoms with Crippen molar-refractivity contribution in [2.75, 3.05) is 26.6 Å². The van der Waals surface area contributed by atoms with Crippen molar-refractivity contribution in [1.29, 1.82) is 0 Å². The molecule has 0 heterocycles.